The highest BCUT2D eigenvalue weighted by Crippen LogP contribution is 2.35. The minimum Gasteiger partial charge on any atom is -0.290 e. The van der Waals surface area contributed by atoms with Crippen LogP contribution in [0.4, 0.5) is 11.4 Å². The standard InChI is InChI=1S/C17H23N3O3S/c1-10(2)9-19-16(21)15(11(3)4)24-17(19)18-14-7-6-13(20(22)23)8-12(14)5/h6-8,10-11,15H,9H2,1-5H3. The molecule has 7 heteroatoms. The molecular weight excluding hydrogens is 326 g/mol. The molecule has 1 aromatic carbocycles. The van der Waals surface area contributed by atoms with Crippen molar-refractivity contribution in [2.24, 2.45) is 16.8 Å². The molecular formula is C17H23N3O3S. The van der Waals surface area contributed by atoms with E-state index < -0.39 is 4.92 Å². The summed E-state index contributed by atoms with van der Waals surface area (Å²) in [6.07, 6.45) is 0. The van der Waals surface area contributed by atoms with Crippen LogP contribution in [0, 0.1) is 28.9 Å². The zero-order valence-electron chi connectivity index (χ0n) is 14.6. The fourth-order valence-electron chi connectivity index (χ4n) is 2.50. The molecule has 1 heterocycles. The van der Waals surface area contributed by atoms with Gasteiger partial charge in [0.25, 0.3) is 5.69 Å². The third-order valence-electron chi connectivity index (χ3n) is 3.73. The van der Waals surface area contributed by atoms with Gasteiger partial charge in [-0.3, -0.25) is 19.8 Å². The topological polar surface area (TPSA) is 75.8 Å². The van der Waals surface area contributed by atoms with E-state index in [2.05, 4.69) is 18.8 Å². The van der Waals surface area contributed by atoms with E-state index in [1.807, 2.05) is 13.8 Å². The summed E-state index contributed by atoms with van der Waals surface area (Å²) in [7, 11) is 0. The first-order valence-electron chi connectivity index (χ1n) is 8.02. The number of carbonyl (C=O) groups is 1. The van der Waals surface area contributed by atoms with Gasteiger partial charge in [0.2, 0.25) is 5.91 Å². The molecule has 1 aliphatic rings. The second-order valence-corrected chi connectivity index (χ2v) is 7.86. The number of thioether (sulfide) groups is 1. The molecule has 0 saturated carbocycles. The van der Waals surface area contributed by atoms with Gasteiger partial charge in [-0.15, -0.1) is 0 Å². The van der Waals surface area contributed by atoms with Gasteiger partial charge in [-0.2, -0.15) is 0 Å². The summed E-state index contributed by atoms with van der Waals surface area (Å²) < 4.78 is 0. The molecule has 0 bridgehead atoms. The summed E-state index contributed by atoms with van der Waals surface area (Å²) in [5.41, 5.74) is 1.43. The minimum absolute atomic E-state index is 0.0469. The number of amides is 1. The lowest BCUT2D eigenvalue weighted by Crippen LogP contribution is -2.36. The molecule has 1 fully saturated rings. The summed E-state index contributed by atoms with van der Waals surface area (Å²) >= 11 is 1.48. The fraction of sp³-hybridized carbons (Fsp3) is 0.529. The second-order valence-electron chi connectivity index (χ2n) is 6.75. The first-order chi connectivity index (χ1) is 11.2. The van der Waals surface area contributed by atoms with E-state index in [-0.39, 0.29) is 22.8 Å². The first-order valence-corrected chi connectivity index (χ1v) is 8.90. The van der Waals surface area contributed by atoms with Gasteiger partial charge in [-0.1, -0.05) is 39.5 Å². The van der Waals surface area contributed by atoms with E-state index >= 15 is 0 Å². The fourth-order valence-corrected chi connectivity index (χ4v) is 3.67. The number of amidine groups is 1. The zero-order chi connectivity index (χ0) is 18.0. The maximum atomic E-state index is 12.6. The van der Waals surface area contributed by atoms with Gasteiger partial charge >= 0.3 is 0 Å². The van der Waals surface area contributed by atoms with Crippen LogP contribution in [0.1, 0.15) is 33.3 Å². The second kappa shape index (κ2) is 7.34. The van der Waals surface area contributed by atoms with Crippen molar-refractivity contribution in [3.63, 3.8) is 0 Å². The Hall–Kier alpha value is -1.89. The first kappa shape index (κ1) is 18.4. The predicted molar refractivity (Wildman–Crippen MR) is 97.7 cm³/mol. The number of non-ortho nitro benzene ring substituents is 1. The summed E-state index contributed by atoms with van der Waals surface area (Å²) in [5.74, 6) is 0.661. The van der Waals surface area contributed by atoms with Crippen LogP contribution in [-0.2, 0) is 4.79 Å². The van der Waals surface area contributed by atoms with E-state index in [1.54, 1.807) is 17.9 Å². The van der Waals surface area contributed by atoms with Gasteiger partial charge in [-0.25, -0.2) is 4.99 Å². The lowest BCUT2D eigenvalue weighted by atomic mass is 10.1. The Bertz CT molecular complexity index is 686. The number of hydrogen-bond donors (Lipinski definition) is 0. The van der Waals surface area contributed by atoms with Gasteiger partial charge in [0.05, 0.1) is 15.9 Å². The smallest absolute Gasteiger partial charge is 0.269 e. The van der Waals surface area contributed by atoms with Crippen molar-refractivity contribution in [2.45, 2.75) is 39.9 Å². The van der Waals surface area contributed by atoms with Gasteiger partial charge in [-0.05, 0) is 30.4 Å². The Morgan fingerprint density at radius 3 is 2.50 bits per heavy atom. The normalized spacial score (nSPS) is 19.8. The monoisotopic (exact) mass is 349 g/mol. The quantitative estimate of drug-likeness (QED) is 0.591. The highest BCUT2D eigenvalue weighted by molar-refractivity contribution is 8.15. The Labute approximate surface area is 146 Å². The van der Waals surface area contributed by atoms with Crippen LogP contribution in [0.2, 0.25) is 0 Å². The molecule has 1 saturated heterocycles. The SMILES string of the molecule is Cc1cc([N+](=O)[O-])ccc1N=C1SC(C(C)C)C(=O)N1CC(C)C. The summed E-state index contributed by atoms with van der Waals surface area (Å²) in [6, 6.07) is 4.59. The van der Waals surface area contributed by atoms with E-state index in [0.29, 0.717) is 23.3 Å². The van der Waals surface area contributed by atoms with Crippen molar-refractivity contribution >= 4 is 34.2 Å². The number of hydrogen-bond acceptors (Lipinski definition) is 5. The molecule has 1 aromatic rings. The predicted octanol–water partition coefficient (Wildman–Crippen LogP) is 4.15. The molecule has 1 unspecified atom stereocenters. The number of aryl methyl sites for hydroxylation is 1. The number of nitrogens with zero attached hydrogens (tertiary/aromatic N) is 3. The summed E-state index contributed by atoms with van der Waals surface area (Å²) in [4.78, 5) is 29.5. The lowest BCUT2D eigenvalue weighted by molar-refractivity contribution is -0.384. The Morgan fingerprint density at radius 2 is 2.00 bits per heavy atom. The summed E-state index contributed by atoms with van der Waals surface area (Å²) in [5, 5.41) is 11.4. The van der Waals surface area contributed by atoms with E-state index in [4.69, 9.17) is 0 Å². The van der Waals surface area contributed by atoms with Gasteiger partial charge in [0.15, 0.2) is 5.17 Å². The van der Waals surface area contributed by atoms with Crippen LogP contribution in [0.3, 0.4) is 0 Å². The number of rotatable bonds is 5. The number of carbonyl (C=O) groups excluding carboxylic acids is 1. The number of nitro groups is 1. The van der Waals surface area contributed by atoms with Crippen molar-refractivity contribution in [1.29, 1.82) is 0 Å². The maximum absolute atomic E-state index is 12.6. The van der Waals surface area contributed by atoms with Crippen LogP contribution >= 0.6 is 11.8 Å². The van der Waals surface area contributed by atoms with Crippen LogP contribution in [-0.4, -0.2) is 32.7 Å². The van der Waals surface area contributed by atoms with Crippen LogP contribution < -0.4 is 0 Å². The third kappa shape index (κ3) is 3.95. The number of aliphatic imine (C=N–C) groups is 1. The molecule has 0 aliphatic carbocycles. The van der Waals surface area contributed by atoms with Gasteiger partial charge in [0.1, 0.15) is 0 Å². The highest BCUT2D eigenvalue weighted by Gasteiger charge is 2.39. The lowest BCUT2D eigenvalue weighted by Gasteiger charge is -2.19. The largest absolute Gasteiger partial charge is 0.290 e. The van der Waals surface area contributed by atoms with Crippen molar-refractivity contribution in [3.8, 4) is 0 Å². The molecule has 0 spiro atoms. The molecule has 0 radical (unpaired) electrons. The molecule has 24 heavy (non-hydrogen) atoms. The van der Waals surface area contributed by atoms with Crippen molar-refractivity contribution in [2.75, 3.05) is 6.54 Å². The number of nitro benzene ring substituents is 1. The van der Waals surface area contributed by atoms with Crippen molar-refractivity contribution < 1.29 is 9.72 Å². The Kier molecular flexibility index (Phi) is 5.64. The molecule has 2 rings (SSSR count). The van der Waals surface area contributed by atoms with Gasteiger partial charge in [0, 0.05) is 18.7 Å². The molecule has 1 atom stereocenters. The van der Waals surface area contributed by atoms with Crippen LogP contribution in [0.5, 0.6) is 0 Å². The molecule has 1 aliphatic heterocycles. The number of benzene rings is 1. The average Bonchev–Trinajstić information content (AvgIpc) is 2.78. The molecule has 1 amide bonds. The summed E-state index contributed by atoms with van der Waals surface area (Å²) in [6.45, 7) is 10.6. The minimum atomic E-state index is -0.419. The zero-order valence-corrected chi connectivity index (χ0v) is 15.5. The van der Waals surface area contributed by atoms with Crippen molar-refractivity contribution in [3.05, 3.63) is 33.9 Å². The Morgan fingerprint density at radius 1 is 1.33 bits per heavy atom. The molecule has 0 aromatic heterocycles. The van der Waals surface area contributed by atoms with Crippen LogP contribution in [0.15, 0.2) is 23.2 Å². The average molecular weight is 349 g/mol. The molecule has 130 valence electrons. The van der Waals surface area contributed by atoms with Crippen molar-refractivity contribution in [1.82, 2.24) is 4.90 Å². The van der Waals surface area contributed by atoms with Gasteiger partial charge < -0.3 is 0 Å². The van der Waals surface area contributed by atoms with E-state index in [0.717, 1.165) is 5.56 Å². The van der Waals surface area contributed by atoms with E-state index in [1.165, 1.54) is 23.9 Å². The molecule has 6 nitrogen and oxygen atoms in total. The third-order valence-corrected chi connectivity index (χ3v) is 5.26. The molecule has 0 N–H and O–H groups in total. The van der Waals surface area contributed by atoms with Crippen LogP contribution in [0.25, 0.3) is 0 Å². The Balaban J connectivity index is 2.38. The maximum Gasteiger partial charge on any atom is 0.269 e. The highest BCUT2D eigenvalue weighted by atomic mass is 32.2. The van der Waals surface area contributed by atoms with E-state index in [9.17, 15) is 14.9 Å².